The molecule has 0 spiro atoms. The van der Waals surface area contributed by atoms with Crippen molar-refractivity contribution in [2.75, 3.05) is 13.7 Å². The quantitative estimate of drug-likeness (QED) is 0.296. The van der Waals surface area contributed by atoms with Crippen molar-refractivity contribution in [3.05, 3.63) is 23.9 Å². The van der Waals surface area contributed by atoms with Crippen LogP contribution in [0.25, 0.3) is 11.0 Å². The van der Waals surface area contributed by atoms with E-state index in [0.29, 0.717) is 41.7 Å². The molecule has 2 bridgehead atoms. The SMILES string of the molecule is COc1ccc2nc3c(nc2c1)O[C@H]1CN(C(=O)[C@H](C(C)(C)C)CC(=O)O[C@@H]2C[C@H]2CCCCC3)[C@H](C(=O)C[C@]2(C(=O)NS(=O)(=O)C3(C)CC3)C[C@H]2C(F)F)[C@@H]1C1CC1. The highest BCUT2D eigenvalue weighted by Gasteiger charge is 2.67. The second kappa shape index (κ2) is 15.2. The van der Waals surface area contributed by atoms with Crippen molar-refractivity contribution in [2.45, 2.75) is 141 Å². The number of esters is 1. The molecule has 4 saturated carbocycles. The average Bonchev–Trinajstić information content (AvgIpc) is 3.97. The van der Waals surface area contributed by atoms with Gasteiger partial charge in [0, 0.05) is 24.3 Å². The number of methoxy groups -OCH3 is 1. The number of halogens is 2. The third-order valence-corrected chi connectivity index (χ3v) is 16.2. The first-order valence-electron chi connectivity index (χ1n) is 21.2. The number of carbonyl (C=O) groups excluding carboxylic acids is 4. The Kier molecular flexibility index (Phi) is 10.8. The summed E-state index contributed by atoms with van der Waals surface area (Å²) in [5.41, 5.74) is -0.908. The number of hydrogen-bond donors (Lipinski definition) is 1. The third kappa shape index (κ3) is 8.27. The Balaban J connectivity index is 1.18. The Morgan fingerprint density at radius 3 is 2.41 bits per heavy atom. The number of aryl methyl sites for hydroxylation is 1. The molecule has 59 heavy (non-hydrogen) atoms. The second-order valence-corrected chi connectivity index (χ2v) is 21.6. The summed E-state index contributed by atoms with van der Waals surface area (Å²) in [5, 5.41) is 0. The van der Waals surface area contributed by atoms with E-state index in [1.807, 2.05) is 32.9 Å². The Bertz CT molecular complexity index is 2140. The van der Waals surface area contributed by atoms with E-state index in [0.717, 1.165) is 44.9 Å². The number of sulfonamides is 1. The van der Waals surface area contributed by atoms with Crippen LogP contribution in [-0.2, 0) is 40.4 Å². The van der Waals surface area contributed by atoms with Gasteiger partial charge >= 0.3 is 5.97 Å². The van der Waals surface area contributed by atoms with Gasteiger partial charge in [0.1, 0.15) is 23.7 Å². The van der Waals surface area contributed by atoms with Crippen molar-refractivity contribution in [1.82, 2.24) is 19.6 Å². The zero-order valence-corrected chi connectivity index (χ0v) is 35.3. The number of hydrogen-bond acceptors (Lipinski definition) is 11. The zero-order valence-electron chi connectivity index (χ0n) is 34.5. The van der Waals surface area contributed by atoms with Gasteiger partial charge in [-0.25, -0.2) is 27.2 Å². The van der Waals surface area contributed by atoms with Crippen LogP contribution in [0.15, 0.2) is 18.2 Å². The molecule has 3 heterocycles. The summed E-state index contributed by atoms with van der Waals surface area (Å²) in [5.74, 6) is -4.74. The largest absolute Gasteiger partial charge is 0.497 e. The molecule has 16 heteroatoms. The maximum absolute atomic E-state index is 15.1. The van der Waals surface area contributed by atoms with Gasteiger partial charge in [0.2, 0.25) is 34.1 Å². The van der Waals surface area contributed by atoms with E-state index in [-0.39, 0.29) is 43.2 Å². The van der Waals surface area contributed by atoms with Crippen molar-refractivity contribution >= 4 is 44.6 Å². The molecule has 2 aromatic rings. The fraction of sp³-hybridized carbons (Fsp3) is 0.721. The highest BCUT2D eigenvalue weighted by molar-refractivity contribution is 7.91. The molecular formula is C43H56F2N4O9S. The first kappa shape index (κ1) is 41.8. The number of alkyl halides is 2. The molecule has 0 radical (unpaired) electrons. The molecule has 5 fully saturated rings. The molecule has 1 aromatic heterocycles. The summed E-state index contributed by atoms with van der Waals surface area (Å²) in [6, 6.07) is 4.20. The van der Waals surface area contributed by atoms with Crippen molar-refractivity contribution < 1.29 is 50.6 Å². The number of fused-ring (bicyclic) bond motifs is 5. The lowest BCUT2D eigenvalue weighted by Gasteiger charge is -2.35. The molecular weight excluding hydrogens is 787 g/mol. The normalized spacial score (nSPS) is 32.2. The monoisotopic (exact) mass is 842 g/mol. The van der Waals surface area contributed by atoms with Gasteiger partial charge in [-0.2, -0.15) is 0 Å². The summed E-state index contributed by atoms with van der Waals surface area (Å²) >= 11 is 0. The van der Waals surface area contributed by atoms with E-state index in [2.05, 4.69) is 4.72 Å². The number of Topliss-reactive ketones (excluding diaryl/α,β-unsaturated/α-hetero) is 1. The van der Waals surface area contributed by atoms with E-state index < -0.39 is 91.9 Å². The van der Waals surface area contributed by atoms with Gasteiger partial charge in [-0.1, -0.05) is 33.6 Å². The van der Waals surface area contributed by atoms with Crippen molar-refractivity contribution in [3.8, 4) is 11.6 Å². The van der Waals surface area contributed by atoms with Gasteiger partial charge in [0.25, 0.3) is 0 Å². The summed E-state index contributed by atoms with van der Waals surface area (Å²) in [4.78, 5) is 68.7. The molecule has 8 atom stereocenters. The smallest absolute Gasteiger partial charge is 0.306 e. The average molecular weight is 843 g/mol. The predicted molar refractivity (Wildman–Crippen MR) is 211 cm³/mol. The highest BCUT2D eigenvalue weighted by Crippen LogP contribution is 2.60. The first-order valence-corrected chi connectivity index (χ1v) is 22.7. The maximum atomic E-state index is 15.1. The molecule has 1 saturated heterocycles. The minimum absolute atomic E-state index is 0.0653. The molecule has 322 valence electrons. The van der Waals surface area contributed by atoms with Crippen LogP contribution in [0.5, 0.6) is 11.6 Å². The van der Waals surface area contributed by atoms with E-state index >= 15 is 4.79 Å². The van der Waals surface area contributed by atoms with E-state index in [1.165, 1.54) is 11.8 Å². The number of benzene rings is 1. The minimum atomic E-state index is -4.19. The predicted octanol–water partition coefficient (Wildman–Crippen LogP) is 5.95. The number of ether oxygens (including phenoxy) is 3. The van der Waals surface area contributed by atoms with Crippen LogP contribution >= 0.6 is 0 Å². The highest BCUT2D eigenvalue weighted by atomic mass is 32.2. The summed E-state index contributed by atoms with van der Waals surface area (Å²) in [7, 11) is -2.64. The maximum Gasteiger partial charge on any atom is 0.306 e. The topological polar surface area (TPSA) is 171 Å². The van der Waals surface area contributed by atoms with Crippen molar-refractivity contribution in [2.24, 2.45) is 40.4 Å². The van der Waals surface area contributed by atoms with E-state index in [4.69, 9.17) is 24.2 Å². The van der Waals surface area contributed by atoms with Crippen LogP contribution in [0.3, 0.4) is 0 Å². The molecule has 2 aliphatic heterocycles. The Morgan fingerprint density at radius 1 is 1.02 bits per heavy atom. The Labute approximate surface area is 344 Å². The summed E-state index contributed by atoms with van der Waals surface area (Å²) in [6.45, 7) is 6.95. The van der Waals surface area contributed by atoms with Crippen molar-refractivity contribution in [1.29, 1.82) is 0 Å². The summed E-state index contributed by atoms with van der Waals surface area (Å²) in [6.07, 6.45) is 1.73. The van der Waals surface area contributed by atoms with Crippen LogP contribution in [0.2, 0.25) is 0 Å². The number of amides is 2. The van der Waals surface area contributed by atoms with Crippen molar-refractivity contribution in [3.63, 3.8) is 0 Å². The van der Waals surface area contributed by atoms with Gasteiger partial charge in [-0.15, -0.1) is 0 Å². The summed E-state index contributed by atoms with van der Waals surface area (Å²) < 4.78 is 74.4. The van der Waals surface area contributed by atoms with Gasteiger partial charge in [0.15, 0.2) is 5.78 Å². The van der Waals surface area contributed by atoms with E-state index in [9.17, 15) is 31.6 Å². The van der Waals surface area contributed by atoms with Gasteiger partial charge in [-0.3, -0.25) is 23.9 Å². The standard InChI is InChI=1S/C43H56F2N4O9S/c1-41(2,3)26-19-34(51)57-32-17-24(32)9-7-6-8-10-29-38(47-30-18-25(56-5)13-14-28(30)46-29)58-33-22-49(39(26)52)36(35(33)23-11-12-23)31(50)21-43(20-27(43)37(44)45)40(53)48-59(54,55)42(4)15-16-42/h13-14,18,23-24,26-27,32-33,35-37H,6-12,15-17,19-22H2,1-5H3,(H,48,53)/t24-,26-,27+,32-,33+,35-,36-,43-/m1/s1. The Morgan fingerprint density at radius 2 is 1.76 bits per heavy atom. The number of rotatable bonds is 9. The lowest BCUT2D eigenvalue weighted by atomic mass is 9.77. The molecule has 6 aliphatic rings. The Hall–Kier alpha value is -3.95. The first-order chi connectivity index (χ1) is 27.8. The number of ketones is 1. The third-order valence-electron chi connectivity index (χ3n) is 14.0. The van der Waals surface area contributed by atoms with Gasteiger partial charge < -0.3 is 19.1 Å². The molecule has 1 N–H and O–H groups in total. The number of carbonyl (C=O) groups is 4. The van der Waals surface area contributed by atoms with Crippen LogP contribution in [0.1, 0.15) is 110 Å². The fourth-order valence-corrected chi connectivity index (χ4v) is 10.8. The van der Waals surface area contributed by atoms with E-state index in [1.54, 1.807) is 13.2 Å². The molecule has 8 rings (SSSR count). The number of nitrogens with one attached hydrogen (secondary N) is 1. The second-order valence-electron chi connectivity index (χ2n) is 19.4. The molecule has 2 amide bonds. The number of aromatic nitrogens is 2. The van der Waals surface area contributed by atoms with Crippen LogP contribution in [0.4, 0.5) is 8.78 Å². The van der Waals surface area contributed by atoms with Crippen LogP contribution in [-0.4, -0.2) is 89.9 Å². The van der Waals surface area contributed by atoms with Gasteiger partial charge in [-0.05, 0) is 94.1 Å². The zero-order chi connectivity index (χ0) is 42.2. The molecule has 0 unspecified atom stereocenters. The lowest BCUT2D eigenvalue weighted by Crippen LogP contribution is -2.50. The van der Waals surface area contributed by atoms with Gasteiger partial charge in [0.05, 0.1) is 53.2 Å². The van der Waals surface area contributed by atoms with Crippen LogP contribution in [0, 0.1) is 40.4 Å². The fourth-order valence-electron chi connectivity index (χ4n) is 9.50. The minimum Gasteiger partial charge on any atom is -0.497 e. The molecule has 1 aromatic carbocycles. The lowest BCUT2D eigenvalue weighted by molar-refractivity contribution is -0.154. The number of nitrogens with zero attached hydrogens (tertiary/aromatic N) is 3. The molecule has 4 aliphatic carbocycles. The van der Waals surface area contributed by atoms with Crippen LogP contribution < -0.4 is 14.2 Å². The molecule has 13 nitrogen and oxygen atoms in total.